The number of para-hydroxylation sites is 1. The summed E-state index contributed by atoms with van der Waals surface area (Å²) in [5.41, 5.74) is 9.00. The van der Waals surface area contributed by atoms with Crippen molar-refractivity contribution < 1.29 is 9.53 Å². The number of hydrogen-bond acceptors (Lipinski definition) is 5. The first-order valence-electron chi connectivity index (χ1n) is 11.8. The van der Waals surface area contributed by atoms with Gasteiger partial charge in [-0.15, -0.1) is 0 Å². The van der Waals surface area contributed by atoms with Crippen LogP contribution < -0.4 is 10.6 Å². The maximum Gasteiger partial charge on any atom is 0.227 e. The van der Waals surface area contributed by atoms with E-state index in [4.69, 9.17) is 10.5 Å². The molecule has 2 N–H and O–H groups in total. The Morgan fingerprint density at radius 2 is 1.80 bits per heavy atom. The average Bonchev–Trinajstić information content (AvgIpc) is 3.13. The van der Waals surface area contributed by atoms with Gasteiger partial charge in [-0.25, -0.2) is 0 Å². The Kier molecular flexibility index (Phi) is 7.28. The van der Waals surface area contributed by atoms with Gasteiger partial charge in [0.2, 0.25) is 5.91 Å². The van der Waals surface area contributed by atoms with Crippen molar-refractivity contribution in [3.05, 3.63) is 29.8 Å². The summed E-state index contributed by atoms with van der Waals surface area (Å²) in [5, 5.41) is 0. The van der Waals surface area contributed by atoms with Crippen LogP contribution in [0.4, 0.5) is 5.69 Å². The smallest absolute Gasteiger partial charge is 0.227 e. The average molecular weight is 415 g/mol. The topological polar surface area (TPSA) is 62.0 Å². The van der Waals surface area contributed by atoms with Gasteiger partial charge in [-0.2, -0.15) is 0 Å². The van der Waals surface area contributed by atoms with Gasteiger partial charge in [0.25, 0.3) is 0 Å². The van der Waals surface area contributed by atoms with E-state index in [1.807, 2.05) is 0 Å². The minimum atomic E-state index is 0.0754. The van der Waals surface area contributed by atoms with Crippen molar-refractivity contribution in [2.24, 2.45) is 11.7 Å². The Balaban J connectivity index is 1.39. The molecule has 30 heavy (non-hydrogen) atoms. The maximum absolute atomic E-state index is 13.5. The third-order valence-electron chi connectivity index (χ3n) is 7.13. The quantitative estimate of drug-likeness (QED) is 0.822. The van der Waals surface area contributed by atoms with Gasteiger partial charge in [0.05, 0.1) is 5.92 Å². The van der Waals surface area contributed by atoms with E-state index in [-0.39, 0.29) is 12.0 Å². The lowest BCUT2D eigenvalue weighted by Gasteiger charge is -2.36. The molecule has 6 nitrogen and oxygen atoms in total. The molecule has 0 radical (unpaired) electrons. The van der Waals surface area contributed by atoms with Crippen LogP contribution in [0.25, 0.3) is 0 Å². The van der Waals surface area contributed by atoms with Crippen LogP contribution in [-0.4, -0.2) is 80.3 Å². The summed E-state index contributed by atoms with van der Waals surface area (Å²) in [4.78, 5) is 20.6. The second-order valence-electron chi connectivity index (χ2n) is 9.28. The highest BCUT2D eigenvalue weighted by molar-refractivity contribution is 5.79. The molecule has 1 aromatic carbocycles. The Morgan fingerprint density at radius 1 is 1.00 bits per heavy atom. The van der Waals surface area contributed by atoms with Crippen LogP contribution in [-0.2, 0) is 9.53 Å². The Morgan fingerprint density at radius 3 is 2.60 bits per heavy atom. The fourth-order valence-corrected chi connectivity index (χ4v) is 5.36. The van der Waals surface area contributed by atoms with Gasteiger partial charge in [-0.05, 0) is 50.7 Å². The third-order valence-corrected chi connectivity index (χ3v) is 7.13. The van der Waals surface area contributed by atoms with Crippen LogP contribution in [0.3, 0.4) is 0 Å². The lowest BCUT2D eigenvalue weighted by Crippen LogP contribution is -2.48. The first-order chi connectivity index (χ1) is 14.6. The summed E-state index contributed by atoms with van der Waals surface area (Å²) in [6.45, 7) is 9.19. The molecule has 4 rings (SSSR count). The number of carbonyl (C=O) groups excluding carboxylic acids is 1. The summed E-state index contributed by atoms with van der Waals surface area (Å²) >= 11 is 0. The predicted octanol–water partition coefficient (Wildman–Crippen LogP) is 2.25. The summed E-state index contributed by atoms with van der Waals surface area (Å²) in [6, 6.07) is 9.25. The number of hydrogen-bond donors (Lipinski definition) is 1. The van der Waals surface area contributed by atoms with Gasteiger partial charge in [0.15, 0.2) is 0 Å². The summed E-state index contributed by atoms with van der Waals surface area (Å²) in [7, 11) is 0. The second-order valence-corrected chi connectivity index (χ2v) is 9.28. The Bertz CT molecular complexity index is 706. The molecule has 3 aliphatic rings. The largest absolute Gasteiger partial charge is 0.381 e. The number of ether oxygens (including phenoxy) is 1. The molecule has 0 saturated carbocycles. The number of nitrogens with zero attached hydrogens (tertiary/aromatic N) is 3. The molecule has 0 unspecified atom stereocenters. The van der Waals surface area contributed by atoms with Gasteiger partial charge < -0.3 is 20.3 Å². The monoisotopic (exact) mass is 414 g/mol. The molecule has 0 aliphatic carbocycles. The number of benzene rings is 1. The summed E-state index contributed by atoms with van der Waals surface area (Å²) in [5.74, 6) is 0.416. The molecule has 0 bridgehead atoms. The van der Waals surface area contributed by atoms with E-state index >= 15 is 0 Å². The van der Waals surface area contributed by atoms with Crippen LogP contribution in [0.2, 0.25) is 0 Å². The van der Waals surface area contributed by atoms with Crippen molar-refractivity contribution >= 4 is 11.6 Å². The van der Waals surface area contributed by atoms with Crippen molar-refractivity contribution in [1.29, 1.82) is 0 Å². The molecular weight excluding hydrogens is 376 g/mol. The number of rotatable bonds is 3. The van der Waals surface area contributed by atoms with Crippen LogP contribution in [0.1, 0.15) is 37.7 Å². The predicted molar refractivity (Wildman–Crippen MR) is 121 cm³/mol. The molecule has 3 saturated heterocycles. The highest BCUT2D eigenvalue weighted by Crippen LogP contribution is 2.25. The van der Waals surface area contributed by atoms with Gasteiger partial charge >= 0.3 is 0 Å². The minimum Gasteiger partial charge on any atom is -0.381 e. The van der Waals surface area contributed by atoms with Gasteiger partial charge in [0, 0.05) is 70.3 Å². The van der Waals surface area contributed by atoms with Crippen molar-refractivity contribution in [2.45, 2.75) is 51.1 Å². The molecule has 2 atom stereocenters. The zero-order valence-electron chi connectivity index (χ0n) is 18.5. The van der Waals surface area contributed by atoms with Crippen LogP contribution in [0, 0.1) is 12.8 Å². The molecule has 1 aromatic rings. The highest BCUT2D eigenvalue weighted by atomic mass is 16.5. The van der Waals surface area contributed by atoms with E-state index in [9.17, 15) is 4.79 Å². The van der Waals surface area contributed by atoms with Crippen molar-refractivity contribution in [3.63, 3.8) is 0 Å². The van der Waals surface area contributed by atoms with Gasteiger partial charge in [-0.3, -0.25) is 9.69 Å². The molecule has 0 aromatic heterocycles. The number of anilines is 1. The maximum atomic E-state index is 13.5. The van der Waals surface area contributed by atoms with E-state index in [2.05, 4.69) is 45.9 Å². The fraction of sp³-hybridized carbons (Fsp3) is 0.708. The van der Waals surface area contributed by atoms with E-state index in [1.54, 1.807) is 0 Å². The lowest BCUT2D eigenvalue weighted by molar-refractivity contribution is -0.136. The van der Waals surface area contributed by atoms with E-state index < -0.39 is 0 Å². The molecule has 3 aliphatic heterocycles. The van der Waals surface area contributed by atoms with E-state index in [1.165, 1.54) is 11.3 Å². The Labute approximate surface area is 181 Å². The fourth-order valence-electron chi connectivity index (χ4n) is 5.36. The first-order valence-corrected chi connectivity index (χ1v) is 11.8. The van der Waals surface area contributed by atoms with Crippen molar-refractivity contribution in [1.82, 2.24) is 9.80 Å². The zero-order chi connectivity index (χ0) is 20.9. The molecule has 3 heterocycles. The number of aryl methyl sites for hydroxylation is 1. The summed E-state index contributed by atoms with van der Waals surface area (Å²) < 4.78 is 5.55. The van der Waals surface area contributed by atoms with Crippen LogP contribution in [0.15, 0.2) is 24.3 Å². The molecule has 3 fully saturated rings. The molecule has 6 heteroatoms. The number of carbonyl (C=O) groups is 1. The number of amides is 1. The second kappa shape index (κ2) is 10.1. The van der Waals surface area contributed by atoms with Crippen LogP contribution >= 0.6 is 0 Å². The van der Waals surface area contributed by atoms with E-state index in [0.29, 0.717) is 11.9 Å². The van der Waals surface area contributed by atoms with E-state index in [0.717, 1.165) is 84.6 Å². The minimum absolute atomic E-state index is 0.0754. The standard InChI is InChI=1S/C24H38N4O2/c1-19-5-2-3-6-23(19)26-11-4-12-27(14-13-26)24(29)20-7-8-21(25)18-28(17-20)22-9-15-30-16-10-22/h2-3,5-6,20-22H,4,7-18,25H2,1H3/t20-,21+/m1/s1. The zero-order valence-corrected chi connectivity index (χ0v) is 18.5. The molecule has 0 spiro atoms. The lowest BCUT2D eigenvalue weighted by atomic mass is 9.99. The van der Waals surface area contributed by atoms with Crippen LogP contribution in [0.5, 0.6) is 0 Å². The molecular formula is C24H38N4O2. The third kappa shape index (κ3) is 5.16. The van der Waals surface area contributed by atoms with Crippen molar-refractivity contribution in [2.75, 3.05) is 57.4 Å². The highest BCUT2D eigenvalue weighted by Gasteiger charge is 2.34. The van der Waals surface area contributed by atoms with Gasteiger partial charge in [0.1, 0.15) is 0 Å². The number of nitrogens with two attached hydrogens (primary N) is 1. The van der Waals surface area contributed by atoms with Crippen molar-refractivity contribution in [3.8, 4) is 0 Å². The molecule has 166 valence electrons. The molecule has 1 amide bonds. The summed E-state index contributed by atoms with van der Waals surface area (Å²) in [6.07, 6.45) is 5.00. The first kappa shape index (κ1) is 21.6. The SMILES string of the molecule is Cc1ccccc1N1CCCN(C(=O)[C@@H]2CC[C@H](N)CN(C3CCOCC3)C2)CC1. The number of likely N-dealkylation sites (tertiary alicyclic amines) is 1. The van der Waals surface area contributed by atoms with Gasteiger partial charge in [-0.1, -0.05) is 18.2 Å². The normalized spacial score (nSPS) is 27.5. The Hall–Kier alpha value is -1.63.